The predicted octanol–water partition coefficient (Wildman–Crippen LogP) is 12.2. The average molecular weight is 646 g/mol. The number of hydrogen-bond acceptors (Lipinski definition) is 3. The lowest BCUT2D eigenvalue weighted by Gasteiger charge is -2.18. The molecule has 0 bridgehead atoms. The Bertz CT molecular complexity index is 3080. The highest BCUT2D eigenvalue weighted by atomic mass is 14.9. The van der Waals surface area contributed by atoms with Crippen molar-refractivity contribution in [3.05, 3.63) is 181 Å². The summed E-state index contributed by atoms with van der Waals surface area (Å²) in [6.45, 7) is 0. The van der Waals surface area contributed by atoms with Gasteiger partial charge in [0.15, 0.2) is 5.82 Å². The Morgan fingerprint density at radius 1 is 0.490 bits per heavy atom. The molecule has 1 aromatic heterocycles. The van der Waals surface area contributed by atoms with Crippen LogP contribution in [-0.4, -0.2) is 9.97 Å². The molecule has 0 radical (unpaired) electrons. The first-order valence-electron chi connectivity index (χ1n) is 17.1. The second-order valence-corrected chi connectivity index (χ2v) is 12.9. The summed E-state index contributed by atoms with van der Waals surface area (Å²) in [5, 5.41) is 20.6. The Morgan fingerprint density at radius 3 is 1.75 bits per heavy atom. The maximum absolute atomic E-state index is 10.1. The zero-order chi connectivity index (χ0) is 33.9. The normalized spacial score (nSPS) is 12.3. The van der Waals surface area contributed by atoms with E-state index in [1.165, 1.54) is 32.3 Å². The van der Waals surface area contributed by atoms with Gasteiger partial charge in [0.1, 0.15) is 0 Å². The van der Waals surface area contributed by atoms with Crippen LogP contribution in [0.1, 0.15) is 11.3 Å². The van der Waals surface area contributed by atoms with Crippen molar-refractivity contribution in [1.29, 1.82) is 5.26 Å². The monoisotopic (exact) mass is 645 g/mol. The topological polar surface area (TPSA) is 49.6 Å². The van der Waals surface area contributed by atoms with Crippen LogP contribution in [0.25, 0.3) is 93.2 Å². The molecule has 0 N–H and O–H groups in total. The molecule has 3 nitrogen and oxygen atoms in total. The van der Waals surface area contributed by atoms with Crippen LogP contribution in [0.2, 0.25) is 0 Å². The molecule has 0 saturated carbocycles. The van der Waals surface area contributed by atoms with Crippen molar-refractivity contribution in [3.63, 3.8) is 0 Å². The van der Waals surface area contributed by atoms with Crippen LogP contribution in [0.15, 0.2) is 170 Å². The molecular weight excluding hydrogens is 619 g/mol. The number of hydrogen-bond donors (Lipinski definition) is 0. The molecule has 3 heteroatoms. The van der Waals surface area contributed by atoms with Crippen LogP contribution < -0.4 is 0 Å². The number of fused-ring (bicyclic) bond motifs is 7. The van der Waals surface area contributed by atoms with Crippen LogP contribution in [0.3, 0.4) is 0 Å². The third-order valence-corrected chi connectivity index (χ3v) is 10.1. The fraction of sp³-hybridized carbons (Fsp3) is 0. The third kappa shape index (κ3) is 4.60. The zero-order valence-electron chi connectivity index (χ0n) is 27.4. The lowest BCUT2D eigenvalue weighted by Crippen LogP contribution is -2.01. The second-order valence-electron chi connectivity index (χ2n) is 12.9. The van der Waals surface area contributed by atoms with Gasteiger partial charge in [-0.1, -0.05) is 115 Å². The Balaban J connectivity index is 1.40. The summed E-state index contributed by atoms with van der Waals surface area (Å²) in [7, 11) is 0. The minimum Gasteiger partial charge on any atom is -0.227 e. The number of aromatic nitrogens is 2. The van der Waals surface area contributed by atoms with Gasteiger partial charge in [0.25, 0.3) is 0 Å². The van der Waals surface area contributed by atoms with E-state index < -0.39 is 0 Å². The number of benzene rings is 8. The molecule has 0 unspecified atom stereocenters. The number of allylic oxidation sites excluding steroid dienone is 3. The minimum atomic E-state index is 0.513. The zero-order valence-corrected chi connectivity index (χ0v) is 27.4. The van der Waals surface area contributed by atoms with Gasteiger partial charge in [-0.25, -0.2) is 9.97 Å². The van der Waals surface area contributed by atoms with Crippen LogP contribution >= 0.6 is 0 Å². The summed E-state index contributed by atoms with van der Waals surface area (Å²) in [6, 6.07) is 53.6. The Morgan fingerprint density at radius 2 is 1.08 bits per heavy atom. The first-order valence-corrected chi connectivity index (χ1v) is 17.1. The molecule has 0 aliphatic heterocycles. The first kappa shape index (κ1) is 28.9. The van der Waals surface area contributed by atoms with Gasteiger partial charge in [-0.3, -0.25) is 0 Å². The molecule has 0 atom stereocenters. The van der Waals surface area contributed by atoms with E-state index in [0.717, 1.165) is 55.2 Å². The standard InChI is InChI=1S/C48H27N3/c49-29-33-17-5-8-20-37(33)48-50-46(30-13-1-2-14-30)45-28-34(42-25-31-15-3-6-18-35(31)38-21-9-11-23-40(38)42)27-44(47(45)51-48)43-26-32-16-4-7-19-36(32)39-22-10-12-24-41(39)43/h1-13,15-28H. The van der Waals surface area contributed by atoms with Crippen LogP contribution in [0.4, 0.5) is 0 Å². The van der Waals surface area contributed by atoms with E-state index in [4.69, 9.17) is 9.97 Å². The van der Waals surface area contributed by atoms with Gasteiger partial charge < -0.3 is 0 Å². The summed E-state index contributed by atoms with van der Waals surface area (Å²) in [4.78, 5) is 10.6. The van der Waals surface area contributed by atoms with E-state index in [0.29, 0.717) is 17.0 Å². The van der Waals surface area contributed by atoms with Gasteiger partial charge in [0.2, 0.25) is 0 Å². The van der Waals surface area contributed by atoms with Gasteiger partial charge in [0.05, 0.1) is 22.8 Å². The molecule has 0 spiro atoms. The Kier molecular flexibility index (Phi) is 6.51. The molecule has 8 aromatic carbocycles. The fourth-order valence-electron chi connectivity index (χ4n) is 7.74. The predicted molar refractivity (Wildman–Crippen MR) is 211 cm³/mol. The van der Waals surface area contributed by atoms with E-state index >= 15 is 0 Å². The van der Waals surface area contributed by atoms with E-state index in [1.807, 2.05) is 42.5 Å². The van der Waals surface area contributed by atoms with Gasteiger partial charge >= 0.3 is 0 Å². The molecule has 1 aliphatic carbocycles. The van der Waals surface area contributed by atoms with E-state index in [9.17, 15) is 5.26 Å². The smallest absolute Gasteiger partial charge is 0.161 e. The Labute approximate surface area is 294 Å². The molecule has 9 aromatic rings. The van der Waals surface area contributed by atoms with Crippen LogP contribution in [-0.2, 0) is 0 Å². The highest BCUT2D eigenvalue weighted by Gasteiger charge is 2.22. The highest BCUT2D eigenvalue weighted by Crippen LogP contribution is 2.44. The molecule has 0 saturated heterocycles. The molecule has 1 aliphatic rings. The van der Waals surface area contributed by atoms with Crippen molar-refractivity contribution in [2.45, 2.75) is 0 Å². The van der Waals surface area contributed by atoms with Gasteiger partial charge in [0, 0.05) is 22.1 Å². The molecule has 0 fully saturated rings. The van der Waals surface area contributed by atoms with Crippen molar-refractivity contribution in [2.24, 2.45) is 0 Å². The summed E-state index contributed by atoms with van der Waals surface area (Å²) in [6.07, 6.45) is 5.96. The minimum absolute atomic E-state index is 0.513. The van der Waals surface area contributed by atoms with Gasteiger partial charge in [-0.15, -0.1) is 5.73 Å². The summed E-state index contributed by atoms with van der Waals surface area (Å²) in [5.74, 6) is 0.513. The summed E-state index contributed by atoms with van der Waals surface area (Å²) in [5.41, 5.74) is 11.5. The van der Waals surface area contributed by atoms with E-state index in [-0.39, 0.29) is 0 Å². The van der Waals surface area contributed by atoms with E-state index in [1.54, 1.807) is 0 Å². The fourth-order valence-corrected chi connectivity index (χ4v) is 7.74. The summed E-state index contributed by atoms with van der Waals surface area (Å²) >= 11 is 0. The van der Waals surface area contributed by atoms with Crippen molar-refractivity contribution in [3.8, 4) is 39.7 Å². The average Bonchev–Trinajstić information content (AvgIpc) is 3.75. The number of nitrogens with zero attached hydrogens (tertiary/aromatic N) is 3. The Hall–Kier alpha value is -7.11. The van der Waals surface area contributed by atoms with E-state index in [2.05, 4.69) is 133 Å². The third-order valence-electron chi connectivity index (χ3n) is 10.1. The van der Waals surface area contributed by atoms with Crippen LogP contribution in [0.5, 0.6) is 0 Å². The number of nitriles is 1. The molecule has 1 heterocycles. The number of rotatable bonds is 4. The first-order chi connectivity index (χ1) is 25.2. The highest BCUT2D eigenvalue weighted by molar-refractivity contribution is 6.18. The van der Waals surface area contributed by atoms with Gasteiger partial charge in [-0.05, 0) is 108 Å². The molecule has 0 amide bonds. The SMILES string of the molecule is N#Cc1ccccc1-c1nc(C2=C=CC=C2)c2cc(-c3cc4ccccc4c4ccccc34)cc(-c3cc4ccccc4c4ccccc34)c2n1. The molecule has 10 rings (SSSR count). The van der Waals surface area contributed by atoms with Crippen molar-refractivity contribution in [2.75, 3.05) is 0 Å². The van der Waals surface area contributed by atoms with Crippen molar-refractivity contribution < 1.29 is 0 Å². The quantitative estimate of drug-likeness (QED) is 0.141. The van der Waals surface area contributed by atoms with Gasteiger partial charge in [-0.2, -0.15) is 5.26 Å². The lowest BCUT2D eigenvalue weighted by molar-refractivity contribution is 1.20. The van der Waals surface area contributed by atoms with Crippen LogP contribution in [0, 0.1) is 11.3 Å². The molecule has 234 valence electrons. The maximum Gasteiger partial charge on any atom is 0.161 e. The molecular formula is C48H27N3. The lowest BCUT2D eigenvalue weighted by atomic mass is 9.87. The van der Waals surface area contributed by atoms with Crippen molar-refractivity contribution >= 4 is 59.6 Å². The maximum atomic E-state index is 10.1. The molecule has 51 heavy (non-hydrogen) atoms. The summed E-state index contributed by atoms with van der Waals surface area (Å²) < 4.78 is 0. The second kappa shape index (κ2) is 11.5. The van der Waals surface area contributed by atoms with Crippen molar-refractivity contribution in [1.82, 2.24) is 9.97 Å². The largest absolute Gasteiger partial charge is 0.227 e.